The highest BCUT2D eigenvalue weighted by atomic mass is 32.1. The van der Waals surface area contributed by atoms with Gasteiger partial charge in [-0.05, 0) is 23.8 Å². The molecule has 0 saturated carbocycles. The average Bonchev–Trinajstić information content (AvgIpc) is 3.44. The van der Waals surface area contributed by atoms with Crippen molar-refractivity contribution in [2.45, 2.75) is 13.0 Å². The predicted octanol–water partition coefficient (Wildman–Crippen LogP) is 3.55. The van der Waals surface area contributed by atoms with Gasteiger partial charge in [-0.1, -0.05) is 18.2 Å². The SMILES string of the molecule is O=C(Cc1csc(-c2cccc(CN3CCOCC3)c2)n1)Nc1ccc2c(c1)OCO2. The van der Waals surface area contributed by atoms with E-state index in [9.17, 15) is 4.79 Å². The lowest BCUT2D eigenvalue weighted by molar-refractivity contribution is -0.115. The van der Waals surface area contributed by atoms with Crippen LogP contribution in [0.4, 0.5) is 5.69 Å². The summed E-state index contributed by atoms with van der Waals surface area (Å²) in [7, 11) is 0. The number of nitrogens with one attached hydrogen (secondary N) is 1. The molecule has 1 aromatic heterocycles. The van der Waals surface area contributed by atoms with Gasteiger partial charge in [0.2, 0.25) is 12.7 Å². The smallest absolute Gasteiger partial charge is 0.231 e. The van der Waals surface area contributed by atoms with E-state index in [1.54, 1.807) is 29.5 Å². The zero-order valence-electron chi connectivity index (χ0n) is 17.0. The van der Waals surface area contributed by atoms with Crippen LogP contribution in [-0.2, 0) is 22.5 Å². The molecular weight excluding hydrogens is 414 g/mol. The van der Waals surface area contributed by atoms with E-state index in [1.807, 2.05) is 5.38 Å². The molecule has 2 aliphatic rings. The zero-order valence-corrected chi connectivity index (χ0v) is 17.8. The molecule has 0 bridgehead atoms. The minimum atomic E-state index is -0.114. The number of anilines is 1. The standard InChI is InChI=1S/C23H23N3O4S/c27-22(24-18-4-5-20-21(11-18)30-15-29-20)12-19-14-31-23(25-19)17-3-1-2-16(10-17)13-26-6-8-28-9-7-26/h1-5,10-11,14H,6-9,12-13,15H2,(H,24,27). The number of hydrogen-bond acceptors (Lipinski definition) is 7. The molecule has 7 nitrogen and oxygen atoms in total. The number of morpholine rings is 1. The van der Waals surface area contributed by atoms with Gasteiger partial charge in [0.15, 0.2) is 11.5 Å². The van der Waals surface area contributed by atoms with Crippen LogP contribution in [0.15, 0.2) is 47.8 Å². The second-order valence-electron chi connectivity index (χ2n) is 7.53. The molecule has 1 amide bonds. The fourth-order valence-corrected chi connectivity index (χ4v) is 4.50. The van der Waals surface area contributed by atoms with E-state index in [1.165, 1.54) is 5.56 Å². The number of aromatic nitrogens is 1. The number of ether oxygens (including phenoxy) is 3. The fraction of sp³-hybridized carbons (Fsp3) is 0.304. The van der Waals surface area contributed by atoms with Gasteiger partial charge in [0.25, 0.3) is 0 Å². The molecule has 5 rings (SSSR count). The summed E-state index contributed by atoms with van der Waals surface area (Å²) in [5.41, 5.74) is 3.78. The molecule has 0 radical (unpaired) electrons. The van der Waals surface area contributed by atoms with Crippen LogP contribution in [0.5, 0.6) is 11.5 Å². The van der Waals surface area contributed by atoms with Crippen molar-refractivity contribution in [1.82, 2.24) is 9.88 Å². The molecule has 0 atom stereocenters. The summed E-state index contributed by atoms with van der Waals surface area (Å²) in [6.07, 6.45) is 0.221. The van der Waals surface area contributed by atoms with Gasteiger partial charge in [0, 0.05) is 42.3 Å². The summed E-state index contributed by atoms with van der Waals surface area (Å²) in [6.45, 7) is 4.64. The number of fused-ring (bicyclic) bond motifs is 1. The van der Waals surface area contributed by atoms with Crippen molar-refractivity contribution in [1.29, 1.82) is 0 Å². The molecule has 160 valence electrons. The normalized spacial score (nSPS) is 15.7. The number of carbonyl (C=O) groups excluding carboxylic acids is 1. The van der Waals surface area contributed by atoms with E-state index in [2.05, 4.69) is 39.5 Å². The summed E-state index contributed by atoms with van der Waals surface area (Å²) in [5, 5.41) is 5.77. The summed E-state index contributed by atoms with van der Waals surface area (Å²) >= 11 is 1.56. The first-order valence-corrected chi connectivity index (χ1v) is 11.1. The van der Waals surface area contributed by atoms with Crippen LogP contribution in [0.1, 0.15) is 11.3 Å². The molecule has 3 heterocycles. The highest BCUT2D eigenvalue weighted by Gasteiger charge is 2.16. The van der Waals surface area contributed by atoms with E-state index in [-0.39, 0.29) is 19.1 Å². The molecular formula is C23H23N3O4S. The maximum atomic E-state index is 12.5. The first kappa shape index (κ1) is 20.0. The third-order valence-corrected chi connectivity index (χ3v) is 6.17. The number of nitrogens with zero attached hydrogens (tertiary/aromatic N) is 2. The number of carbonyl (C=O) groups is 1. The monoisotopic (exact) mass is 437 g/mol. The van der Waals surface area contributed by atoms with Gasteiger partial charge in [-0.15, -0.1) is 11.3 Å². The second kappa shape index (κ2) is 9.05. The Morgan fingerprint density at radius 2 is 1.97 bits per heavy atom. The van der Waals surface area contributed by atoms with Gasteiger partial charge in [-0.2, -0.15) is 0 Å². The molecule has 2 aliphatic heterocycles. The van der Waals surface area contributed by atoms with Gasteiger partial charge in [0.1, 0.15) is 5.01 Å². The lowest BCUT2D eigenvalue weighted by Gasteiger charge is -2.26. The predicted molar refractivity (Wildman–Crippen MR) is 119 cm³/mol. The molecule has 1 saturated heterocycles. The van der Waals surface area contributed by atoms with Crippen molar-refractivity contribution in [2.24, 2.45) is 0 Å². The lowest BCUT2D eigenvalue weighted by atomic mass is 10.1. The van der Waals surface area contributed by atoms with Crippen LogP contribution in [0.25, 0.3) is 10.6 Å². The van der Waals surface area contributed by atoms with Crippen LogP contribution >= 0.6 is 11.3 Å². The number of rotatable bonds is 6. The van der Waals surface area contributed by atoms with Crippen LogP contribution < -0.4 is 14.8 Å². The molecule has 0 unspecified atom stereocenters. The van der Waals surface area contributed by atoms with Crippen LogP contribution in [0.2, 0.25) is 0 Å². The van der Waals surface area contributed by atoms with Gasteiger partial charge in [-0.25, -0.2) is 4.98 Å². The molecule has 0 spiro atoms. The van der Waals surface area contributed by atoms with Crippen molar-refractivity contribution >= 4 is 22.9 Å². The fourth-order valence-electron chi connectivity index (χ4n) is 3.68. The van der Waals surface area contributed by atoms with Gasteiger partial charge in [-0.3, -0.25) is 9.69 Å². The number of benzene rings is 2. The van der Waals surface area contributed by atoms with E-state index >= 15 is 0 Å². The van der Waals surface area contributed by atoms with Crippen LogP contribution in [0.3, 0.4) is 0 Å². The van der Waals surface area contributed by atoms with Crippen molar-refractivity contribution in [3.8, 4) is 22.1 Å². The topological polar surface area (TPSA) is 72.9 Å². The van der Waals surface area contributed by atoms with E-state index < -0.39 is 0 Å². The minimum Gasteiger partial charge on any atom is -0.454 e. The first-order valence-electron chi connectivity index (χ1n) is 10.3. The van der Waals surface area contributed by atoms with E-state index in [4.69, 9.17) is 14.2 Å². The number of hydrogen-bond donors (Lipinski definition) is 1. The minimum absolute atomic E-state index is 0.114. The van der Waals surface area contributed by atoms with E-state index in [0.717, 1.165) is 49.1 Å². The Hall–Kier alpha value is -2.94. The number of thiazole rings is 1. The third-order valence-electron chi connectivity index (χ3n) is 5.23. The largest absolute Gasteiger partial charge is 0.454 e. The molecule has 1 N–H and O–H groups in total. The van der Waals surface area contributed by atoms with Gasteiger partial charge < -0.3 is 19.5 Å². The Morgan fingerprint density at radius 1 is 1.10 bits per heavy atom. The highest BCUT2D eigenvalue weighted by Crippen LogP contribution is 2.34. The Kier molecular flexibility index (Phi) is 5.84. The Labute approximate surface area is 184 Å². The maximum Gasteiger partial charge on any atom is 0.231 e. The quantitative estimate of drug-likeness (QED) is 0.636. The molecule has 1 fully saturated rings. The first-order chi connectivity index (χ1) is 15.2. The summed E-state index contributed by atoms with van der Waals surface area (Å²) in [4.78, 5) is 19.6. The van der Waals surface area contributed by atoms with Crippen molar-refractivity contribution in [3.63, 3.8) is 0 Å². The molecule has 8 heteroatoms. The Morgan fingerprint density at radius 3 is 2.87 bits per heavy atom. The van der Waals surface area contributed by atoms with Crippen LogP contribution in [0, 0.1) is 0 Å². The Bertz CT molecular complexity index is 1080. The second-order valence-corrected chi connectivity index (χ2v) is 8.38. The molecule has 3 aromatic rings. The lowest BCUT2D eigenvalue weighted by Crippen LogP contribution is -2.35. The zero-order chi connectivity index (χ0) is 21.0. The molecule has 31 heavy (non-hydrogen) atoms. The van der Waals surface area contributed by atoms with Crippen molar-refractivity contribution in [3.05, 3.63) is 59.1 Å². The molecule has 2 aromatic carbocycles. The molecule has 0 aliphatic carbocycles. The van der Waals surface area contributed by atoms with Crippen molar-refractivity contribution in [2.75, 3.05) is 38.4 Å². The van der Waals surface area contributed by atoms with Crippen LogP contribution in [-0.4, -0.2) is 48.9 Å². The highest BCUT2D eigenvalue weighted by molar-refractivity contribution is 7.13. The van der Waals surface area contributed by atoms with E-state index in [0.29, 0.717) is 17.2 Å². The average molecular weight is 438 g/mol. The third kappa shape index (κ3) is 4.87. The van der Waals surface area contributed by atoms with Gasteiger partial charge in [0.05, 0.1) is 25.3 Å². The van der Waals surface area contributed by atoms with Crippen molar-refractivity contribution < 1.29 is 19.0 Å². The maximum absolute atomic E-state index is 12.5. The number of amides is 1. The summed E-state index contributed by atoms with van der Waals surface area (Å²) < 4.78 is 16.1. The Balaban J connectivity index is 1.21. The summed E-state index contributed by atoms with van der Waals surface area (Å²) in [6, 6.07) is 13.8. The summed E-state index contributed by atoms with van der Waals surface area (Å²) in [5.74, 6) is 1.22. The van der Waals surface area contributed by atoms with Gasteiger partial charge >= 0.3 is 0 Å².